The number of hydrogen-bond donors (Lipinski definition) is 0. The van der Waals surface area contributed by atoms with Gasteiger partial charge >= 0.3 is 6.09 Å². The predicted molar refractivity (Wildman–Crippen MR) is 67.9 cm³/mol. The van der Waals surface area contributed by atoms with E-state index in [1.54, 1.807) is 0 Å². The molecule has 1 aliphatic heterocycles. The van der Waals surface area contributed by atoms with Gasteiger partial charge in [0, 0.05) is 13.1 Å². The summed E-state index contributed by atoms with van der Waals surface area (Å²) in [4.78, 5) is 13.9. The molecule has 1 saturated carbocycles. The topological polar surface area (TPSA) is 29.5 Å². The summed E-state index contributed by atoms with van der Waals surface area (Å²) in [6.45, 7) is 4.23. The molecular weight excluding hydrogens is 214 g/mol. The van der Waals surface area contributed by atoms with Gasteiger partial charge in [-0.25, -0.2) is 4.79 Å². The highest BCUT2D eigenvalue weighted by Gasteiger charge is 2.28. The second-order valence-corrected chi connectivity index (χ2v) is 5.55. The third-order valence-electron chi connectivity index (χ3n) is 4.19. The Hall–Kier alpha value is -0.730. The highest BCUT2D eigenvalue weighted by molar-refractivity contribution is 5.67. The Balaban J connectivity index is 2.01. The zero-order valence-electron chi connectivity index (χ0n) is 11.0. The maximum Gasteiger partial charge on any atom is 0.409 e. The minimum Gasteiger partial charge on any atom is -0.450 e. The minimum absolute atomic E-state index is 0.0926. The fourth-order valence-electron chi connectivity index (χ4n) is 3.23. The largest absolute Gasteiger partial charge is 0.450 e. The standard InChI is InChI=1S/C14H25NO2/c1-2-17-14(16)15-10-12-6-4-3-5-7-13(11-15)9-8-12/h12-13H,2-11H2,1H3. The molecule has 0 aromatic rings. The van der Waals surface area contributed by atoms with Crippen molar-refractivity contribution >= 4 is 6.09 Å². The molecule has 17 heavy (non-hydrogen) atoms. The lowest BCUT2D eigenvalue weighted by Gasteiger charge is -2.26. The van der Waals surface area contributed by atoms with Crippen LogP contribution in [-0.4, -0.2) is 30.7 Å². The van der Waals surface area contributed by atoms with Crippen molar-refractivity contribution in [1.29, 1.82) is 0 Å². The Morgan fingerprint density at radius 1 is 1.06 bits per heavy atom. The van der Waals surface area contributed by atoms with Crippen molar-refractivity contribution in [2.45, 2.75) is 51.9 Å². The molecular formula is C14H25NO2. The summed E-state index contributed by atoms with van der Waals surface area (Å²) in [5.74, 6) is 1.42. The number of nitrogens with zero attached hydrogens (tertiary/aromatic N) is 1. The smallest absolute Gasteiger partial charge is 0.409 e. The Labute approximate surface area is 105 Å². The summed E-state index contributed by atoms with van der Waals surface area (Å²) < 4.78 is 5.16. The van der Waals surface area contributed by atoms with Crippen LogP contribution in [0.4, 0.5) is 4.79 Å². The first-order chi connectivity index (χ1) is 8.29. The molecule has 98 valence electrons. The van der Waals surface area contributed by atoms with Gasteiger partial charge in [0.15, 0.2) is 0 Å². The molecule has 2 bridgehead atoms. The molecule has 3 nitrogen and oxygen atoms in total. The number of likely N-dealkylation sites (tertiary alicyclic amines) is 1. The Morgan fingerprint density at radius 2 is 1.65 bits per heavy atom. The molecule has 0 radical (unpaired) electrons. The molecule has 0 aromatic carbocycles. The maximum absolute atomic E-state index is 11.9. The normalized spacial score (nSPS) is 30.1. The Morgan fingerprint density at radius 3 is 2.18 bits per heavy atom. The van der Waals surface area contributed by atoms with E-state index in [1.165, 1.54) is 44.9 Å². The van der Waals surface area contributed by atoms with Crippen LogP contribution in [0.25, 0.3) is 0 Å². The lowest BCUT2D eigenvalue weighted by Crippen LogP contribution is -2.37. The van der Waals surface area contributed by atoms with Crippen LogP contribution in [0.3, 0.4) is 0 Å². The summed E-state index contributed by atoms with van der Waals surface area (Å²) in [6.07, 6.45) is 9.17. The SMILES string of the molecule is CCOC(=O)N1CC2CCCCCC(CC2)C1. The van der Waals surface area contributed by atoms with E-state index in [1.807, 2.05) is 11.8 Å². The summed E-state index contributed by atoms with van der Waals surface area (Å²) in [7, 11) is 0. The predicted octanol–water partition coefficient (Wildman–Crippen LogP) is 3.44. The van der Waals surface area contributed by atoms with Gasteiger partial charge in [0.25, 0.3) is 0 Å². The Bertz CT molecular complexity index is 239. The Kier molecular flexibility index (Phi) is 4.69. The van der Waals surface area contributed by atoms with Crippen molar-refractivity contribution in [1.82, 2.24) is 4.90 Å². The van der Waals surface area contributed by atoms with Crippen LogP contribution >= 0.6 is 0 Å². The zero-order chi connectivity index (χ0) is 12.1. The average Bonchev–Trinajstić information content (AvgIpc) is 2.46. The van der Waals surface area contributed by atoms with Crippen LogP contribution in [-0.2, 0) is 4.74 Å². The highest BCUT2D eigenvalue weighted by Crippen LogP contribution is 2.30. The zero-order valence-corrected chi connectivity index (χ0v) is 11.0. The van der Waals surface area contributed by atoms with Crippen LogP contribution in [0, 0.1) is 11.8 Å². The second-order valence-electron chi connectivity index (χ2n) is 5.55. The number of fused-ring (bicyclic) bond motifs is 3. The van der Waals surface area contributed by atoms with E-state index < -0.39 is 0 Å². The van der Waals surface area contributed by atoms with E-state index in [2.05, 4.69) is 0 Å². The molecule has 1 saturated heterocycles. The molecule has 2 atom stereocenters. The molecule has 2 unspecified atom stereocenters. The van der Waals surface area contributed by atoms with E-state index >= 15 is 0 Å². The lowest BCUT2D eigenvalue weighted by atomic mass is 9.95. The molecule has 0 aromatic heterocycles. The van der Waals surface area contributed by atoms with E-state index in [0.29, 0.717) is 18.4 Å². The van der Waals surface area contributed by atoms with Crippen molar-refractivity contribution in [2.24, 2.45) is 11.8 Å². The van der Waals surface area contributed by atoms with Crippen LogP contribution in [0.15, 0.2) is 0 Å². The summed E-state index contributed by atoms with van der Waals surface area (Å²) in [5.41, 5.74) is 0. The van der Waals surface area contributed by atoms with E-state index in [0.717, 1.165) is 13.1 Å². The van der Waals surface area contributed by atoms with Gasteiger partial charge in [-0.15, -0.1) is 0 Å². The summed E-state index contributed by atoms with van der Waals surface area (Å²) in [6, 6.07) is 0. The number of carbonyl (C=O) groups excluding carboxylic acids is 1. The van der Waals surface area contributed by atoms with Gasteiger partial charge in [0.05, 0.1) is 6.61 Å². The van der Waals surface area contributed by atoms with Crippen molar-refractivity contribution < 1.29 is 9.53 Å². The highest BCUT2D eigenvalue weighted by atomic mass is 16.6. The van der Waals surface area contributed by atoms with Crippen LogP contribution in [0.1, 0.15) is 51.9 Å². The van der Waals surface area contributed by atoms with Gasteiger partial charge in [-0.05, 0) is 44.4 Å². The van der Waals surface area contributed by atoms with Crippen molar-refractivity contribution in [3.05, 3.63) is 0 Å². The summed E-state index contributed by atoms with van der Waals surface area (Å²) in [5, 5.41) is 0. The number of hydrogen-bond acceptors (Lipinski definition) is 2. The van der Waals surface area contributed by atoms with Crippen LogP contribution in [0.2, 0.25) is 0 Å². The molecule has 1 amide bonds. The first-order valence-electron chi connectivity index (χ1n) is 7.21. The molecule has 0 N–H and O–H groups in total. The first-order valence-corrected chi connectivity index (χ1v) is 7.21. The number of ether oxygens (including phenoxy) is 1. The average molecular weight is 239 g/mol. The monoisotopic (exact) mass is 239 g/mol. The number of amides is 1. The van der Waals surface area contributed by atoms with Crippen molar-refractivity contribution in [3.8, 4) is 0 Å². The fraction of sp³-hybridized carbons (Fsp3) is 0.929. The minimum atomic E-state index is -0.0926. The van der Waals surface area contributed by atoms with Crippen LogP contribution in [0.5, 0.6) is 0 Å². The molecule has 3 heteroatoms. The van der Waals surface area contributed by atoms with E-state index in [9.17, 15) is 4.79 Å². The molecule has 0 spiro atoms. The van der Waals surface area contributed by atoms with Crippen molar-refractivity contribution in [2.75, 3.05) is 19.7 Å². The third kappa shape index (κ3) is 3.62. The van der Waals surface area contributed by atoms with Gasteiger partial charge < -0.3 is 9.64 Å². The van der Waals surface area contributed by atoms with Crippen LogP contribution < -0.4 is 0 Å². The molecule has 1 aliphatic carbocycles. The summed E-state index contributed by atoms with van der Waals surface area (Å²) >= 11 is 0. The van der Waals surface area contributed by atoms with Gasteiger partial charge in [-0.1, -0.05) is 19.3 Å². The third-order valence-corrected chi connectivity index (χ3v) is 4.19. The molecule has 2 rings (SSSR count). The quantitative estimate of drug-likeness (QED) is 0.701. The lowest BCUT2D eigenvalue weighted by molar-refractivity contribution is 0.0970. The van der Waals surface area contributed by atoms with Gasteiger partial charge in [0.1, 0.15) is 0 Å². The second kappa shape index (κ2) is 6.27. The van der Waals surface area contributed by atoms with Gasteiger partial charge in [-0.3, -0.25) is 0 Å². The molecule has 2 aliphatic rings. The van der Waals surface area contributed by atoms with Gasteiger partial charge in [0.2, 0.25) is 0 Å². The number of rotatable bonds is 1. The van der Waals surface area contributed by atoms with Crippen molar-refractivity contribution in [3.63, 3.8) is 0 Å². The number of carbonyl (C=O) groups is 1. The van der Waals surface area contributed by atoms with Gasteiger partial charge in [-0.2, -0.15) is 0 Å². The maximum atomic E-state index is 11.9. The van der Waals surface area contributed by atoms with E-state index in [4.69, 9.17) is 4.74 Å². The van der Waals surface area contributed by atoms with E-state index in [-0.39, 0.29) is 6.09 Å². The molecule has 1 heterocycles. The first kappa shape index (κ1) is 12.7. The molecule has 2 fully saturated rings. The fourth-order valence-corrected chi connectivity index (χ4v) is 3.23.